The molecule has 1 aliphatic carbocycles. The molecule has 3 rings (SSSR count). The monoisotopic (exact) mass is 325 g/mol. The zero-order valence-corrected chi connectivity index (χ0v) is 12.8. The highest BCUT2D eigenvalue weighted by Gasteiger charge is 2.29. The van der Waals surface area contributed by atoms with Crippen molar-refractivity contribution in [2.75, 3.05) is 20.3 Å². The Morgan fingerprint density at radius 1 is 1.16 bits per heavy atom. The van der Waals surface area contributed by atoms with Crippen molar-refractivity contribution in [2.45, 2.75) is 31.7 Å². The van der Waals surface area contributed by atoms with Crippen LogP contribution < -0.4 is 14.8 Å². The van der Waals surface area contributed by atoms with Crippen molar-refractivity contribution in [3.63, 3.8) is 0 Å². The second-order valence-corrected chi connectivity index (χ2v) is 6.18. The average Bonchev–Trinajstić information content (AvgIpc) is 2.57. The second-order valence-electron chi connectivity index (χ2n) is 5.33. The van der Waals surface area contributed by atoms with Gasteiger partial charge in [0.2, 0.25) is 0 Å². The quantitative estimate of drug-likeness (QED) is 0.919. The van der Waals surface area contributed by atoms with Crippen LogP contribution in [0, 0.1) is 5.92 Å². The molecule has 2 aliphatic rings. The van der Waals surface area contributed by atoms with Crippen molar-refractivity contribution in [1.29, 1.82) is 0 Å². The molecule has 104 valence electrons. The summed E-state index contributed by atoms with van der Waals surface area (Å²) in [7, 11) is 2.04. The fraction of sp³-hybridized carbons (Fsp3) is 0.600. The van der Waals surface area contributed by atoms with Gasteiger partial charge < -0.3 is 14.8 Å². The number of ether oxygens (including phenoxy) is 2. The topological polar surface area (TPSA) is 30.5 Å². The number of nitrogens with one attached hydrogen (secondary N) is 1. The SMILES string of the molecule is CNC(c1cc2c(cc1Br)OCCCO2)C1CCC1. The standard InChI is InChI=1S/C15H20BrNO2/c1-17-15(10-4-2-5-10)11-8-13-14(9-12(11)16)19-7-3-6-18-13/h8-10,15,17H,2-7H2,1H3. The van der Waals surface area contributed by atoms with Gasteiger partial charge in [0.15, 0.2) is 11.5 Å². The number of hydrogen-bond acceptors (Lipinski definition) is 3. The number of rotatable bonds is 3. The Balaban J connectivity index is 1.93. The minimum atomic E-state index is 0.403. The van der Waals surface area contributed by atoms with Crippen molar-refractivity contribution in [3.05, 3.63) is 22.2 Å². The summed E-state index contributed by atoms with van der Waals surface area (Å²) in [6.45, 7) is 1.47. The van der Waals surface area contributed by atoms with Gasteiger partial charge in [-0.05, 0) is 43.5 Å². The molecule has 0 amide bonds. The summed E-state index contributed by atoms with van der Waals surface area (Å²) in [5.41, 5.74) is 1.29. The molecular weight excluding hydrogens is 306 g/mol. The molecule has 19 heavy (non-hydrogen) atoms. The highest BCUT2D eigenvalue weighted by atomic mass is 79.9. The van der Waals surface area contributed by atoms with Crippen LogP contribution in [0.3, 0.4) is 0 Å². The number of halogens is 1. The minimum absolute atomic E-state index is 0.403. The highest BCUT2D eigenvalue weighted by Crippen LogP contribution is 2.43. The smallest absolute Gasteiger partial charge is 0.162 e. The summed E-state index contributed by atoms with van der Waals surface area (Å²) in [4.78, 5) is 0. The van der Waals surface area contributed by atoms with E-state index >= 15 is 0 Å². The van der Waals surface area contributed by atoms with Crippen molar-refractivity contribution in [2.24, 2.45) is 5.92 Å². The molecule has 1 heterocycles. The number of hydrogen-bond donors (Lipinski definition) is 1. The Morgan fingerprint density at radius 2 is 1.84 bits per heavy atom. The normalized spacial score (nSPS) is 20.5. The van der Waals surface area contributed by atoms with E-state index in [4.69, 9.17) is 9.47 Å². The van der Waals surface area contributed by atoms with Gasteiger partial charge in [-0.1, -0.05) is 22.4 Å². The third-order valence-electron chi connectivity index (χ3n) is 4.13. The third-order valence-corrected chi connectivity index (χ3v) is 4.82. The summed E-state index contributed by atoms with van der Waals surface area (Å²) in [6.07, 6.45) is 4.92. The van der Waals surface area contributed by atoms with Crippen LogP contribution in [0.4, 0.5) is 0 Å². The molecule has 1 atom stereocenters. The molecule has 1 fully saturated rings. The second kappa shape index (κ2) is 5.71. The predicted octanol–water partition coefficient (Wildman–Crippen LogP) is 3.67. The van der Waals surface area contributed by atoms with E-state index in [1.165, 1.54) is 24.8 Å². The fourth-order valence-corrected chi connectivity index (χ4v) is 3.43. The first-order chi connectivity index (χ1) is 9.29. The Kier molecular flexibility index (Phi) is 3.99. The summed E-state index contributed by atoms with van der Waals surface area (Å²) < 4.78 is 12.6. The summed E-state index contributed by atoms with van der Waals surface area (Å²) in [6, 6.07) is 4.60. The van der Waals surface area contributed by atoms with Crippen LogP contribution in [0.25, 0.3) is 0 Å². The maximum atomic E-state index is 5.80. The molecule has 0 bridgehead atoms. The Morgan fingerprint density at radius 3 is 2.42 bits per heavy atom. The van der Waals surface area contributed by atoms with Gasteiger partial charge in [0, 0.05) is 16.9 Å². The van der Waals surface area contributed by atoms with E-state index in [1.807, 2.05) is 7.05 Å². The number of benzene rings is 1. The van der Waals surface area contributed by atoms with Gasteiger partial charge in [-0.2, -0.15) is 0 Å². The molecule has 0 radical (unpaired) electrons. The lowest BCUT2D eigenvalue weighted by Crippen LogP contribution is -2.30. The van der Waals surface area contributed by atoms with Gasteiger partial charge in [0.1, 0.15) is 0 Å². The molecule has 1 N–H and O–H groups in total. The molecule has 0 spiro atoms. The lowest BCUT2D eigenvalue weighted by Gasteiger charge is -2.34. The largest absolute Gasteiger partial charge is 0.490 e. The maximum absolute atomic E-state index is 5.80. The van der Waals surface area contributed by atoms with E-state index in [0.29, 0.717) is 6.04 Å². The molecular formula is C15H20BrNO2. The Bertz CT molecular complexity index is 460. The molecule has 1 aliphatic heterocycles. The summed E-state index contributed by atoms with van der Waals surface area (Å²) >= 11 is 3.69. The molecule has 4 heteroatoms. The van der Waals surface area contributed by atoms with Gasteiger partial charge in [-0.3, -0.25) is 0 Å². The first-order valence-corrected chi connectivity index (χ1v) is 7.85. The van der Waals surface area contributed by atoms with Gasteiger partial charge in [-0.15, -0.1) is 0 Å². The van der Waals surface area contributed by atoms with Crippen molar-refractivity contribution in [1.82, 2.24) is 5.32 Å². The molecule has 0 aromatic heterocycles. The van der Waals surface area contributed by atoms with Crippen LogP contribution in [-0.2, 0) is 0 Å². The van der Waals surface area contributed by atoms with Crippen LogP contribution in [0.15, 0.2) is 16.6 Å². The molecule has 1 saturated carbocycles. The van der Waals surface area contributed by atoms with Crippen LogP contribution in [0.1, 0.15) is 37.3 Å². The highest BCUT2D eigenvalue weighted by molar-refractivity contribution is 9.10. The van der Waals surface area contributed by atoms with E-state index in [2.05, 4.69) is 33.4 Å². The molecule has 0 saturated heterocycles. The maximum Gasteiger partial charge on any atom is 0.162 e. The van der Waals surface area contributed by atoms with E-state index in [0.717, 1.165) is 41.5 Å². The zero-order valence-electron chi connectivity index (χ0n) is 11.2. The fourth-order valence-electron chi connectivity index (χ4n) is 2.86. The third kappa shape index (κ3) is 2.61. The van der Waals surface area contributed by atoms with Crippen molar-refractivity contribution < 1.29 is 9.47 Å². The van der Waals surface area contributed by atoms with Crippen LogP contribution in [-0.4, -0.2) is 20.3 Å². The van der Waals surface area contributed by atoms with E-state index in [1.54, 1.807) is 0 Å². The summed E-state index contributed by atoms with van der Waals surface area (Å²) in [5.74, 6) is 2.48. The molecule has 3 nitrogen and oxygen atoms in total. The van der Waals surface area contributed by atoms with E-state index < -0.39 is 0 Å². The lowest BCUT2D eigenvalue weighted by atomic mass is 9.77. The van der Waals surface area contributed by atoms with Crippen LogP contribution in [0.2, 0.25) is 0 Å². The van der Waals surface area contributed by atoms with Crippen molar-refractivity contribution >= 4 is 15.9 Å². The van der Waals surface area contributed by atoms with Crippen LogP contribution >= 0.6 is 15.9 Å². The van der Waals surface area contributed by atoms with Gasteiger partial charge >= 0.3 is 0 Å². The average molecular weight is 326 g/mol. The Hall–Kier alpha value is -0.740. The number of fused-ring (bicyclic) bond motifs is 1. The first-order valence-electron chi connectivity index (χ1n) is 7.06. The minimum Gasteiger partial charge on any atom is -0.490 e. The lowest BCUT2D eigenvalue weighted by molar-refractivity contribution is 0.238. The van der Waals surface area contributed by atoms with Gasteiger partial charge in [-0.25, -0.2) is 0 Å². The van der Waals surface area contributed by atoms with Gasteiger partial charge in [0.25, 0.3) is 0 Å². The van der Waals surface area contributed by atoms with Crippen molar-refractivity contribution in [3.8, 4) is 11.5 Å². The molecule has 1 unspecified atom stereocenters. The summed E-state index contributed by atoms with van der Waals surface area (Å²) in [5, 5.41) is 3.46. The van der Waals surface area contributed by atoms with E-state index in [-0.39, 0.29) is 0 Å². The van der Waals surface area contributed by atoms with Crippen LogP contribution in [0.5, 0.6) is 11.5 Å². The Labute approximate surface area is 122 Å². The first kappa shape index (κ1) is 13.3. The van der Waals surface area contributed by atoms with Gasteiger partial charge in [0.05, 0.1) is 13.2 Å². The molecule has 1 aromatic rings. The molecule has 1 aromatic carbocycles. The van der Waals surface area contributed by atoms with E-state index in [9.17, 15) is 0 Å². The zero-order chi connectivity index (χ0) is 13.2. The predicted molar refractivity (Wildman–Crippen MR) is 78.9 cm³/mol.